The van der Waals surface area contributed by atoms with Crippen LogP contribution < -0.4 is 5.32 Å². The van der Waals surface area contributed by atoms with Gasteiger partial charge in [-0.2, -0.15) is 0 Å². The Bertz CT molecular complexity index is 219. The molecule has 2 atom stereocenters. The summed E-state index contributed by atoms with van der Waals surface area (Å²) in [6.45, 7) is 4.42. The van der Waals surface area contributed by atoms with Crippen molar-refractivity contribution in [2.45, 2.75) is 32.4 Å². The van der Waals surface area contributed by atoms with Crippen LogP contribution in [0, 0.1) is 0 Å². The second-order valence-electron chi connectivity index (χ2n) is 3.19. The lowest BCUT2D eigenvalue weighted by Crippen LogP contribution is -2.33. The summed E-state index contributed by atoms with van der Waals surface area (Å²) < 4.78 is 0. The first kappa shape index (κ1) is 10.7. The van der Waals surface area contributed by atoms with Crippen LogP contribution in [0.5, 0.6) is 0 Å². The molecule has 1 aromatic rings. The van der Waals surface area contributed by atoms with Gasteiger partial charge >= 0.3 is 0 Å². The van der Waals surface area contributed by atoms with Gasteiger partial charge in [0.15, 0.2) is 0 Å². The smallest absolute Gasteiger partial charge is 0.0584 e. The zero-order valence-electron chi connectivity index (χ0n) is 8.16. The summed E-state index contributed by atoms with van der Waals surface area (Å²) in [5, 5.41) is 14.5. The van der Waals surface area contributed by atoms with E-state index in [1.807, 2.05) is 0 Å². The van der Waals surface area contributed by atoms with Crippen molar-refractivity contribution in [2.24, 2.45) is 0 Å². The summed E-state index contributed by atoms with van der Waals surface area (Å²) >= 11 is 1.75. The molecule has 0 saturated carbocycles. The van der Waals surface area contributed by atoms with Gasteiger partial charge < -0.3 is 10.4 Å². The standard InChI is InChI=1S/C10H17NOS/c1-3-9(7-12)11-8(2)10-5-4-6-13-10/h4-6,8-9,11-12H,3,7H2,1-2H3/t8-,9+/m0/s1. The minimum absolute atomic E-state index is 0.214. The van der Waals surface area contributed by atoms with E-state index in [-0.39, 0.29) is 12.6 Å². The lowest BCUT2D eigenvalue weighted by Gasteiger charge is -2.19. The Morgan fingerprint density at radius 2 is 2.38 bits per heavy atom. The first-order chi connectivity index (χ1) is 6.27. The highest BCUT2D eigenvalue weighted by Gasteiger charge is 2.10. The van der Waals surface area contributed by atoms with Gasteiger partial charge in [-0.05, 0) is 24.8 Å². The number of aliphatic hydroxyl groups excluding tert-OH is 1. The molecule has 2 nitrogen and oxygen atoms in total. The maximum Gasteiger partial charge on any atom is 0.0584 e. The molecule has 0 aliphatic carbocycles. The molecule has 2 N–H and O–H groups in total. The van der Waals surface area contributed by atoms with Crippen molar-refractivity contribution < 1.29 is 5.11 Å². The molecule has 13 heavy (non-hydrogen) atoms. The molecule has 1 rings (SSSR count). The molecule has 0 aliphatic heterocycles. The molecule has 0 amide bonds. The predicted molar refractivity (Wildman–Crippen MR) is 57.0 cm³/mol. The molecule has 0 aromatic carbocycles. The van der Waals surface area contributed by atoms with Crippen LogP contribution in [0.25, 0.3) is 0 Å². The van der Waals surface area contributed by atoms with E-state index in [4.69, 9.17) is 5.11 Å². The lowest BCUT2D eigenvalue weighted by molar-refractivity contribution is 0.230. The molecule has 0 saturated heterocycles. The van der Waals surface area contributed by atoms with Crippen LogP contribution in [-0.2, 0) is 0 Å². The third-order valence-electron chi connectivity index (χ3n) is 2.17. The maximum absolute atomic E-state index is 9.01. The second kappa shape index (κ2) is 5.37. The molecule has 1 heterocycles. The molecule has 74 valence electrons. The Labute approximate surface area is 83.6 Å². The lowest BCUT2D eigenvalue weighted by atomic mass is 10.2. The van der Waals surface area contributed by atoms with E-state index < -0.39 is 0 Å². The molecular weight excluding hydrogens is 182 g/mol. The quantitative estimate of drug-likeness (QED) is 0.761. The number of hydrogen-bond acceptors (Lipinski definition) is 3. The minimum atomic E-state index is 0.214. The summed E-state index contributed by atoms with van der Waals surface area (Å²) in [5.41, 5.74) is 0. The van der Waals surface area contributed by atoms with Crippen LogP contribution in [0.1, 0.15) is 31.2 Å². The monoisotopic (exact) mass is 199 g/mol. The Balaban J connectivity index is 2.45. The molecule has 0 unspecified atom stereocenters. The fourth-order valence-electron chi connectivity index (χ4n) is 1.27. The number of rotatable bonds is 5. The van der Waals surface area contributed by atoms with Crippen molar-refractivity contribution in [1.82, 2.24) is 5.32 Å². The van der Waals surface area contributed by atoms with Gasteiger partial charge in [-0.3, -0.25) is 0 Å². The molecule has 3 heteroatoms. The molecular formula is C10H17NOS. The first-order valence-electron chi connectivity index (χ1n) is 4.68. The predicted octanol–water partition coefficient (Wildman–Crippen LogP) is 2.17. The van der Waals surface area contributed by atoms with Crippen LogP contribution in [-0.4, -0.2) is 17.8 Å². The summed E-state index contributed by atoms with van der Waals surface area (Å²) in [4.78, 5) is 1.33. The molecule has 0 bridgehead atoms. The highest BCUT2D eigenvalue weighted by Crippen LogP contribution is 2.18. The van der Waals surface area contributed by atoms with Crippen LogP contribution in [0.2, 0.25) is 0 Å². The Morgan fingerprint density at radius 1 is 1.62 bits per heavy atom. The van der Waals surface area contributed by atoms with E-state index in [0.717, 1.165) is 6.42 Å². The highest BCUT2D eigenvalue weighted by molar-refractivity contribution is 7.10. The molecule has 1 aromatic heterocycles. The van der Waals surface area contributed by atoms with Gasteiger partial charge in [0.1, 0.15) is 0 Å². The Kier molecular flexibility index (Phi) is 4.42. The Morgan fingerprint density at radius 3 is 2.85 bits per heavy atom. The van der Waals surface area contributed by atoms with Crippen molar-refractivity contribution in [1.29, 1.82) is 0 Å². The van der Waals surface area contributed by atoms with Gasteiger partial charge in [-0.15, -0.1) is 11.3 Å². The van der Waals surface area contributed by atoms with Crippen molar-refractivity contribution in [3.05, 3.63) is 22.4 Å². The largest absolute Gasteiger partial charge is 0.395 e. The molecule has 0 fully saturated rings. The van der Waals surface area contributed by atoms with Gasteiger partial charge in [-0.25, -0.2) is 0 Å². The molecule has 0 spiro atoms. The van der Waals surface area contributed by atoms with Crippen LogP contribution in [0.15, 0.2) is 17.5 Å². The SMILES string of the molecule is CC[C@H](CO)N[C@@H](C)c1cccs1. The van der Waals surface area contributed by atoms with E-state index in [2.05, 4.69) is 36.7 Å². The Hall–Kier alpha value is -0.380. The topological polar surface area (TPSA) is 32.3 Å². The van der Waals surface area contributed by atoms with Crippen molar-refractivity contribution in [3.8, 4) is 0 Å². The number of hydrogen-bond donors (Lipinski definition) is 2. The van der Waals surface area contributed by atoms with Gasteiger partial charge in [0.2, 0.25) is 0 Å². The van der Waals surface area contributed by atoms with E-state index >= 15 is 0 Å². The van der Waals surface area contributed by atoms with E-state index in [1.165, 1.54) is 4.88 Å². The second-order valence-corrected chi connectivity index (χ2v) is 4.17. The van der Waals surface area contributed by atoms with Crippen LogP contribution in [0.3, 0.4) is 0 Å². The third kappa shape index (κ3) is 3.10. The maximum atomic E-state index is 9.01. The van der Waals surface area contributed by atoms with Crippen LogP contribution >= 0.6 is 11.3 Å². The zero-order chi connectivity index (χ0) is 9.68. The molecule has 0 radical (unpaired) electrons. The van der Waals surface area contributed by atoms with Gasteiger partial charge in [0, 0.05) is 17.0 Å². The highest BCUT2D eigenvalue weighted by atomic mass is 32.1. The molecule has 0 aliphatic rings. The van der Waals surface area contributed by atoms with Gasteiger partial charge in [0.25, 0.3) is 0 Å². The van der Waals surface area contributed by atoms with Crippen molar-refractivity contribution in [3.63, 3.8) is 0 Å². The number of thiophene rings is 1. The average molecular weight is 199 g/mol. The number of nitrogens with one attached hydrogen (secondary N) is 1. The van der Waals surface area contributed by atoms with Crippen LogP contribution in [0.4, 0.5) is 0 Å². The van der Waals surface area contributed by atoms with E-state index in [1.54, 1.807) is 11.3 Å². The summed E-state index contributed by atoms with van der Waals surface area (Å²) in [5.74, 6) is 0. The number of aliphatic hydroxyl groups is 1. The summed E-state index contributed by atoms with van der Waals surface area (Å²) in [6, 6.07) is 4.74. The van der Waals surface area contributed by atoms with E-state index in [9.17, 15) is 0 Å². The van der Waals surface area contributed by atoms with Gasteiger partial charge in [0.05, 0.1) is 6.61 Å². The van der Waals surface area contributed by atoms with Gasteiger partial charge in [-0.1, -0.05) is 13.0 Å². The first-order valence-corrected chi connectivity index (χ1v) is 5.56. The average Bonchev–Trinajstić information content (AvgIpc) is 2.66. The summed E-state index contributed by atoms with van der Waals surface area (Å²) in [6.07, 6.45) is 0.964. The minimum Gasteiger partial charge on any atom is -0.395 e. The van der Waals surface area contributed by atoms with Crippen molar-refractivity contribution in [2.75, 3.05) is 6.61 Å². The fraction of sp³-hybridized carbons (Fsp3) is 0.600. The normalized spacial score (nSPS) is 15.6. The summed E-state index contributed by atoms with van der Waals surface area (Å²) in [7, 11) is 0. The van der Waals surface area contributed by atoms with E-state index in [0.29, 0.717) is 6.04 Å². The third-order valence-corrected chi connectivity index (χ3v) is 3.22. The fourth-order valence-corrected chi connectivity index (χ4v) is 2.02. The zero-order valence-corrected chi connectivity index (χ0v) is 8.97. The van der Waals surface area contributed by atoms with Crippen molar-refractivity contribution >= 4 is 11.3 Å².